The fraction of sp³-hybridized carbons (Fsp3) is 0.714. The summed E-state index contributed by atoms with van der Waals surface area (Å²) in [4.78, 5) is 1.40. The SMILES string of the molecule is CC1(C)CC(NCc2ccc(Br)s2)CC(C)(C)N1. The van der Waals surface area contributed by atoms with Crippen LogP contribution in [0.25, 0.3) is 0 Å². The van der Waals surface area contributed by atoms with Crippen LogP contribution < -0.4 is 10.6 Å². The molecule has 1 aromatic rings. The van der Waals surface area contributed by atoms with E-state index in [-0.39, 0.29) is 11.1 Å². The van der Waals surface area contributed by atoms with Crippen LogP contribution in [0, 0.1) is 0 Å². The van der Waals surface area contributed by atoms with Crippen LogP contribution in [0.2, 0.25) is 0 Å². The molecule has 2 nitrogen and oxygen atoms in total. The number of hydrogen-bond donors (Lipinski definition) is 2. The van der Waals surface area contributed by atoms with Gasteiger partial charge in [0.15, 0.2) is 0 Å². The molecule has 0 aliphatic carbocycles. The van der Waals surface area contributed by atoms with E-state index in [9.17, 15) is 0 Å². The Morgan fingerprint density at radius 1 is 1.28 bits per heavy atom. The van der Waals surface area contributed by atoms with Crippen molar-refractivity contribution in [1.82, 2.24) is 10.6 Å². The third-order valence-corrected chi connectivity index (χ3v) is 5.01. The molecule has 2 rings (SSSR count). The average Bonchev–Trinajstić information content (AvgIpc) is 2.56. The van der Waals surface area contributed by atoms with Crippen molar-refractivity contribution in [1.29, 1.82) is 0 Å². The number of hydrogen-bond acceptors (Lipinski definition) is 3. The highest BCUT2D eigenvalue weighted by Crippen LogP contribution is 2.29. The van der Waals surface area contributed by atoms with E-state index in [0.29, 0.717) is 6.04 Å². The summed E-state index contributed by atoms with van der Waals surface area (Å²) in [5.41, 5.74) is 0.435. The lowest BCUT2D eigenvalue weighted by molar-refractivity contribution is 0.146. The van der Waals surface area contributed by atoms with Gasteiger partial charge in [0.25, 0.3) is 0 Å². The number of halogens is 1. The van der Waals surface area contributed by atoms with E-state index >= 15 is 0 Å². The highest BCUT2D eigenvalue weighted by Gasteiger charge is 2.37. The highest BCUT2D eigenvalue weighted by molar-refractivity contribution is 9.11. The van der Waals surface area contributed by atoms with Gasteiger partial charge < -0.3 is 10.6 Å². The molecule has 0 unspecified atom stereocenters. The molecule has 1 fully saturated rings. The van der Waals surface area contributed by atoms with E-state index in [4.69, 9.17) is 0 Å². The number of rotatable bonds is 3. The Hall–Kier alpha value is 0.1000. The smallest absolute Gasteiger partial charge is 0.0701 e. The molecule has 1 saturated heterocycles. The van der Waals surface area contributed by atoms with Crippen molar-refractivity contribution < 1.29 is 0 Å². The molecule has 102 valence electrons. The van der Waals surface area contributed by atoms with E-state index in [1.54, 1.807) is 0 Å². The van der Waals surface area contributed by atoms with Crippen molar-refractivity contribution in [3.63, 3.8) is 0 Å². The molecular weight excluding hydrogens is 308 g/mol. The number of piperidine rings is 1. The van der Waals surface area contributed by atoms with Crippen molar-refractivity contribution >= 4 is 27.3 Å². The van der Waals surface area contributed by atoms with Gasteiger partial charge in [-0.3, -0.25) is 0 Å². The molecule has 2 N–H and O–H groups in total. The van der Waals surface area contributed by atoms with Crippen LogP contribution in [0.1, 0.15) is 45.4 Å². The van der Waals surface area contributed by atoms with Crippen LogP contribution >= 0.6 is 27.3 Å². The number of nitrogens with one attached hydrogen (secondary N) is 2. The van der Waals surface area contributed by atoms with E-state index < -0.39 is 0 Å². The van der Waals surface area contributed by atoms with Crippen molar-refractivity contribution in [2.75, 3.05) is 0 Å². The average molecular weight is 331 g/mol. The minimum Gasteiger partial charge on any atom is -0.309 e. The second-order valence-corrected chi connectivity index (χ2v) is 9.13. The monoisotopic (exact) mass is 330 g/mol. The summed E-state index contributed by atoms with van der Waals surface area (Å²) >= 11 is 5.33. The summed E-state index contributed by atoms with van der Waals surface area (Å²) in [5.74, 6) is 0. The van der Waals surface area contributed by atoms with Gasteiger partial charge in [-0.1, -0.05) is 0 Å². The molecule has 4 heteroatoms. The van der Waals surface area contributed by atoms with Gasteiger partial charge in [0.05, 0.1) is 3.79 Å². The van der Waals surface area contributed by atoms with Gasteiger partial charge in [-0.05, 0) is 68.6 Å². The minimum atomic E-state index is 0.218. The predicted molar refractivity (Wildman–Crippen MR) is 83.2 cm³/mol. The number of thiophene rings is 1. The lowest BCUT2D eigenvalue weighted by atomic mass is 9.79. The van der Waals surface area contributed by atoms with Gasteiger partial charge in [0.2, 0.25) is 0 Å². The van der Waals surface area contributed by atoms with Crippen LogP contribution in [0.15, 0.2) is 15.9 Å². The summed E-state index contributed by atoms with van der Waals surface area (Å²) < 4.78 is 1.21. The molecule has 1 aliphatic heterocycles. The molecule has 0 spiro atoms. The quantitative estimate of drug-likeness (QED) is 0.877. The first-order valence-corrected chi connectivity index (χ1v) is 8.14. The lowest BCUT2D eigenvalue weighted by Gasteiger charge is -2.46. The first kappa shape index (κ1) is 14.5. The van der Waals surface area contributed by atoms with Gasteiger partial charge in [-0.15, -0.1) is 11.3 Å². The second kappa shape index (κ2) is 5.23. The van der Waals surface area contributed by atoms with E-state index in [1.807, 2.05) is 11.3 Å². The third-order valence-electron chi connectivity index (χ3n) is 3.38. The Labute approximate surface area is 123 Å². The summed E-state index contributed by atoms with van der Waals surface area (Å²) in [6.07, 6.45) is 2.37. The summed E-state index contributed by atoms with van der Waals surface area (Å²) in [7, 11) is 0. The standard InChI is InChI=1S/C14H23BrN2S/c1-13(2)7-10(8-14(3,4)17-13)16-9-11-5-6-12(15)18-11/h5-6,10,16-17H,7-9H2,1-4H3. The largest absolute Gasteiger partial charge is 0.309 e. The van der Waals surface area contributed by atoms with Gasteiger partial charge in [-0.2, -0.15) is 0 Å². The van der Waals surface area contributed by atoms with E-state index in [2.05, 4.69) is 66.4 Å². The minimum absolute atomic E-state index is 0.218. The summed E-state index contributed by atoms with van der Waals surface area (Å²) in [6.45, 7) is 10.2. The highest BCUT2D eigenvalue weighted by atomic mass is 79.9. The fourth-order valence-corrected chi connectivity index (χ4v) is 4.59. The van der Waals surface area contributed by atoms with Crippen molar-refractivity contribution in [3.8, 4) is 0 Å². The van der Waals surface area contributed by atoms with Crippen LogP contribution in [0.3, 0.4) is 0 Å². The first-order valence-electron chi connectivity index (χ1n) is 6.53. The first-order chi connectivity index (χ1) is 8.26. The maximum atomic E-state index is 3.72. The Bertz CT molecular complexity index is 396. The third kappa shape index (κ3) is 4.05. The van der Waals surface area contributed by atoms with E-state index in [0.717, 1.165) is 6.54 Å². The zero-order valence-corrected chi connectivity index (χ0v) is 14.0. The molecule has 1 aromatic heterocycles. The molecule has 1 aliphatic rings. The van der Waals surface area contributed by atoms with Crippen LogP contribution in [0.5, 0.6) is 0 Å². The maximum absolute atomic E-state index is 3.72. The molecule has 2 heterocycles. The van der Waals surface area contributed by atoms with Crippen LogP contribution in [-0.4, -0.2) is 17.1 Å². The normalized spacial score (nSPS) is 23.2. The molecular formula is C14H23BrN2S. The van der Waals surface area contributed by atoms with Crippen LogP contribution in [0.4, 0.5) is 0 Å². The summed E-state index contributed by atoms with van der Waals surface area (Å²) in [6, 6.07) is 4.91. The second-order valence-electron chi connectivity index (χ2n) is 6.58. The van der Waals surface area contributed by atoms with Gasteiger partial charge in [0.1, 0.15) is 0 Å². The zero-order chi connectivity index (χ0) is 13.4. The molecule has 0 amide bonds. The Kier molecular flexibility index (Phi) is 4.22. The van der Waals surface area contributed by atoms with E-state index in [1.165, 1.54) is 21.5 Å². The van der Waals surface area contributed by atoms with Crippen molar-refractivity contribution in [3.05, 3.63) is 20.8 Å². The molecule has 0 atom stereocenters. The lowest BCUT2D eigenvalue weighted by Crippen LogP contribution is -2.61. The van der Waals surface area contributed by atoms with Gasteiger partial charge in [-0.25, -0.2) is 0 Å². The Morgan fingerprint density at radius 2 is 1.89 bits per heavy atom. The van der Waals surface area contributed by atoms with Crippen molar-refractivity contribution in [2.24, 2.45) is 0 Å². The summed E-state index contributed by atoms with van der Waals surface area (Å²) in [5, 5.41) is 7.43. The maximum Gasteiger partial charge on any atom is 0.0701 e. The van der Waals surface area contributed by atoms with Gasteiger partial charge >= 0.3 is 0 Å². The fourth-order valence-electron chi connectivity index (χ4n) is 3.16. The molecule has 0 aromatic carbocycles. The van der Waals surface area contributed by atoms with Gasteiger partial charge in [0, 0.05) is 28.5 Å². The molecule has 0 saturated carbocycles. The Balaban J connectivity index is 1.93. The molecule has 0 radical (unpaired) electrons. The molecule has 18 heavy (non-hydrogen) atoms. The Morgan fingerprint density at radius 3 is 2.39 bits per heavy atom. The van der Waals surface area contributed by atoms with Crippen molar-refractivity contribution in [2.45, 2.75) is 64.2 Å². The predicted octanol–water partition coefficient (Wildman–Crippen LogP) is 3.91. The molecule has 0 bridgehead atoms. The topological polar surface area (TPSA) is 24.1 Å². The zero-order valence-electron chi connectivity index (χ0n) is 11.6. The van der Waals surface area contributed by atoms with Crippen LogP contribution in [-0.2, 0) is 6.54 Å².